The highest BCUT2D eigenvalue weighted by Gasteiger charge is 2.11. The van der Waals surface area contributed by atoms with Gasteiger partial charge >= 0.3 is 0 Å². The van der Waals surface area contributed by atoms with Crippen molar-refractivity contribution in [2.24, 2.45) is 0 Å². The third-order valence-corrected chi connectivity index (χ3v) is 4.32. The van der Waals surface area contributed by atoms with Crippen LogP contribution >= 0.6 is 22.9 Å². The highest BCUT2D eigenvalue weighted by Crippen LogP contribution is 2.31. The molecular weight excluding hydrogens is 290 g/mol. The summed E-state index contributed by atoms with van der Waals surface area (Å²) in [6.07, 6.45) is 1.87. The monoisotopic (exact) mass is 303 g/mol. The molecule has 0 saturated carbocycles. The summed E-state index contributed by atoms with van der Waals surface area (Å²) >= 11 is 7.45. The van der Waals surface area contributed by atoms with E-state index in [0.29, 0.717) is 5.69 Å². The van der Waals surface area contributed by atoms with Gasteiger partial charge in [-0.15, -0.1) is 11.3 Å². The zero-order valence-corrected chi connectivity index (χ0v) is 12.6. The first-order valence-electron chi connectivity index (χ1n) is 6.25. The lowest BCUT2D eigenvalue weighted by Crippen LogP contribution is -2.01. The zero-order chi connectivity index (χ0) is 14.1. The molecule has 0 bridgehead atoms. The molecule has 102 valence electrons. The molecule has 0 saturated heterocycles. The van der Waals surface area contributed by atoms with Crippen LogP contribution in [0.3, 0.4) is 0 Å². The molecule has 0 aliphatic rings. The molecule has 2 heterocycles. The second-order valence-electron chi connectivity index (χ2n) is 4.70. The maximum absolute atomic E-state index is 6.05. The van der Waals surface area contributed by atoms with Crippen molar-refractivity contribution in [1.82, 2.24) is 9.78 Å². The maximum Gasteiger partial charge on any atom is 0.116 e. The molecule has 0 fully saturated rings. The quantitative estimate of drug-likeness (QED) is 0.788. The summed E-state index contributed by atoms with van der Waals surface area (Å²) in [7, 11) is 0. The summed E-state index contributed by atoms with van der Waals surface area (Å²) in [6.45, 7) is 2.82. The number of anilines is 1. The van der Waals surface area contributed by atoms with Crippen molar-refractivity contribution >= 4 is 28.6 Å². The molecule has 2 aromatic heterocycles. The number of benzene rings is 1. The number of nitrogens with zero attached hydrogens (tertiary/aromatic N) is 2. The SMILES string of the molecule is Cc1ccccc1Cn1cc(N)c(-c2csc(Cl)c2)n1. The summed E-state index contributed by atoms with van der Waals surface area (Å²) in [6, 6.07) is 10.2. The molecule has 1 aromatic carbocycles. The molecule has 0 atom stereocenters. The summed E-state index contributed by atoms with van der Waals surface area (Å²) in [5, 5.41) is 6.54. The second-order valence-corrected chi connectivity index (χ2v) is 6.24. The van der Waals surface area contributed by atoms with Gasteiger partial charge in [0.25, 0.3) is 0 Å². The lowest BCUT2D eigenvalue weighted by molar-refractivity contribution is 0.687. The first kappa shape index (κ1) is 13.2. The van der Waals surface area contributed by atoms with Crippen molar-refractivity contribution in [2.45, 2.75) is 13.5 Å². The van der Waals surface area contributed by atoms with E-state index in [-0.39, 0.29) is 0 Å². The smallest absolute Gasteiger partial charge is 0.116 e. The van der Waals surface area contributed by atoms with E-state index in [4.69, 9.17) is 17.3 Å². The van der Waals surface area contributed by atoms with E-state index in [2.05, 4.69) is 24.2 Å². The fourth-order valence-electron chi connectivity index (χ4n) is 2.14. The molecule has 0 amide bonds. The number of nitrogen functional groups attached to an aromatic ring is 1. The Morgan fingerprint density at radius 1 is 1.35 bits per heavy atom. The number of hydrogen-bond donors (Lipinski definition) is 1. The first-order valence-corrected chi connectivity index (χ1v) is 7.51. The van der Waals surface area contributed by atoms with Gasteiger partial charge in [-0.3, -0.25) is 4.68 Å². The van der Waals surface area contributed by atoms with Gasteiger partial charge in [0, 0.05) is 17.1 Å². The van der Waals surface area contributed by atoms with Gasteiger partial charge in [0.2, 0.25) is 0 Å². The molecule has 0 radical (unpaired) electrons. The number of aryl methyl sites for hydroxylation is 1. The molecule has 3 aromatic rings. The average molecular weight is 304 g/mol. The predicted octanol–water partition coefficient (Wildman–Crippen LogP) is 4.20. The van der Waals surface area contributed by atoms with Crippen LogP contribution in [0.15, 0.2) is 41.9 Å². The van der Waals surface area contributed by atoms with Crippen LogP contribution in [0.25, 0.3) is 11.3 Å². The Morgan fingerprint density at radius 3 is 2.85 bits per heavy atom. The van der Waals surface area contributed by atoms with Gasteiger partial charge in [-0.25, -0.2) is 0 Å². The highest BCUT2D eigenvalue weighted by molar-refractivity contribution is 7.14. The van der Waals surface area contributed by atoms with Crippen LogP contribution in [-0.2, 0) is 6.54 Å². The minimum Gasteiger partial charge on any atom is -0.396 e. The average Bonchev–Trinajstić information content (AvgIpc) is 2.98. The predicted molar refractivity (Wildman–Crippen MR) is 85.2 cm³/mol. The number of aromatic nitrogens is 2. The zero-order valence-electron chi connectivity index (χ0n) is 11.0. The van der Waals surface area contributed by atoms with Gasteiger partial charge in [-0.2, -0.15) is 5.10 Å². The van der Waals surface area contributed by atoms with Crippen molar-refractivity contribution in [3.63, 3.8) is 0 Å². The third-order valence-electron chi connectivity index (χ3n) is 3.22. The van der Waals surface area contributed by atoms with Crippen LogP contribution in [0.5, 0.6) is 0 Å². The fourth-order valence-corrected chi connectivity index (χ4v) is 3.00. The standard InChI is InChI=1S/C15H14ClN3S/c1-10-4-2-3-5-11(10)7-19-8-13(17)15(18-19)12-6-14(16)20-9-12/h2-6,8-9H,7,17H2,1H3. The summed E-state index contributed by atoms with van der Waals surface area (Å²) in [5.41, 5.74) is 11.0. The Bertz CT molecular complexity index is 745. The van der Waals surface area contributed by atoms with E-state index in [9.17, 15) is 0 Å². The van der Waals surface area contributed by atoms with Gasteiger partial charge in [0.15, 0.2) is 0 Å². The molecule has 0 aliphatic carbocycles. The Labute approximate surface area is 126 Å². The van der Waals surface area contributed by atoms with Gasteiger partial charge in [-0.05, 0) is 24.1 Å². The van der Waals surface area contributed by atoms with E-state index >= 15 is 0 Å². The number of hydrogen-bond acceptors (Lipinski definition) is 3. The Kier molecular flexibility index (Phi) is 3.51. The number of thiophene rings is 1. The van der Waals surface area contributed by atoms with Gasteiger partial charge in [0.1, 0.15) is 5.69 Å². The van der Waals surface area contributed by atoms with E-state index in [0.717, 1.165) is 22.1 Å². The number of rotatable bonds is 3. The number of halogens is 1. The molecular formula is C15H14ClN3S. The lowest BCUT2D eigenvalue weighted by Gasteiger charge is -2.05. The van der Waals surface area contributed by atoms with E-state index in [1.54, 1.807) is 0 Å². The number of nitrogens with two attached hydrogens (primary N) is 1. The molecule has 3 rings (SSSR count). The Balaban J connectivity index is 1.91. The van der Waals surface area contributed by atoms with Crippen LogP contribution in [-0.4, -0.2) is 9.78 Å². The van der Waals surface area contributed by atoms with Crippen LogP contribution < -0.4 is 5.73 Å². The van der Waals surface area contributed by atoms with Crippen molar-refractivity contribution in [3.05, 3.63) is 57.4 Å². The van der Waals surface area contributed by atoms with Crippen LogP contribution in [0.4, 0.5) is 5.69 Å². The maximum atomic E-state index is 6.05. The van der Waals surface area contributed by atoms with Crippen molar-refractivity contribution in [3.8, 4) is 11.3 Å². The lowest BCUT2D eigenvalue weighted by atomic mass is 10.1. The molecule has 2 N–H and O–H groups in total. The molecule has 0 unspecified atom stereocenters. The molecule has 0 aliphatic heterocycles. The van der Waals surface area contributed by atoms with E-state index in [1.165, 1.54) is 22.5 Å². The molecule has 5 heteroatoms. The van der Waals surface area contributed by atoms with Gasteiger partial charge in [0.05, 0.1) is 16.6 Å². The Morgan fingerprint density at radius 2 is 2.15 bits per heavy atom. The van der Waals surface area contributed by atoms with Crippen LogP contribution in [0, 0.1) is 6.92 Å². The normalized spacial score (nSPS) is 10.9. The van der Waals surface area contributed by atoms with E-state index in [1.807, 2.05) is 34.5 Å². The summed E-state index contributed by atoms with van der Waals surface area (Å²) in [5.74, 6) is 0. The van der Waals surface area contributed by atoms with Crippen LogP contribution in [0.2, 0.25) is 4.34 Å². The van der Waals surface area contributed by atoms with E-state index < -0.39 is 0 Å². The topological polar surface area (TPSA) is 43.8 Å². The van der Waals surface area contributed by atoms with Crippen molar-refractivity contribution in [2.75, 3.05) is 5.73 Å². The third kappa shape index (κ3) is 2.57. The molecule has 20 heavy (non-hydrogen) atoms. The fraction of sp³-hybridized carbons (Fsp3) is 0.133. The largest absolute Gasteiger partial charge is 0.396 e. The summed E-state index contributed by atoms with van der Waals surface area (Å²) < 4.78 is 2.62. The molecule has 3 nitrogen and oxygen atoms in total. The van der Waals surface area contributed by atoms with Crippen molar-refractivity contribution < 1.29 is 0 Å². The van der Waals surface area contributed by atoms with Crippen molar-refractivity contribution in [1.29, 1.82) is 0 Å². The van der Waals surface area contributed by atoms with Gasteiger partial charge in [-0.1, -0.05) is 35.9 Å². The molecule has 0 spiro atoms. The summed E-state index contributed by atoms with van der Waals surface area (Å²) in [4.78, 5) is 0. The minimum absolute atomic E-state index is 0.674. The minimum atomic E-state index is 0.674. The first-order chi connectivity index (χ1) is 9.63. The second kappa shape index (κ2) is 5.31. The van der Waals surface area contributed by atoms with Crippen LogP contribution in [0.1, 0.15) is 11.1 Å². The highest BCUT2D eigenvalue weighted by atomic mass is 35.5. The Hall–Kier alpha value is -1.78. The van der Waals surface area contributed by atoms with Gasteiger partial charge < -0.3 is 5.73 Å².